The molecule has 21 heavy (non-hydrogen) atoms. The molecule has 1 unspecified atom stereocenters. The summed E-state index contributed by atoms with van der Waals surface area (Å²) in [5, 5.41) is 12.7. The van der Waals surface area contributed by atoms with Crippen LogP contribution >= 0.6 is 11.6 Å². The molecule has 0 radical (unpaired) electrons. The molecule has 2 aromatic rings. The van der Waals surface area contributed by atoms with Gasteiger partial charge in [-0.3, -0.25) is 0 Å². The highest BCUT2D eigenvalue weighted by molar-refractivity contribution is 6.31. The Morgan fingerprint density at radius 1 is 1.29 bits per heavy atom. The first-order chi connectivity index (χ1) is 10.1. The second kappa shape index (κ2) is 7.29. The number of aliphatic hydroxyl groups excluding tert-OH is 1. The lowest BCUT2D eigenvalue weighted by molar-refractivity contribution is 0.117. The van der Waals surface area contributed by atoms with Crippen molar-refractivity contribution in [1.82, 2.24) is 0 Å². The maximum atomic E-state index is 13.6. The molecule has 0 aliphatic heterocycles. The monoisotopic (exact) mass is 309 g/mol. The predicted octanol–water partition coefficient (Wildman–Crippen LogP) is 3.64. The van der Waals surface area contributed by atoms with Gasteiger partial charge in [0, 0.05) is 6.54 Å². The minimum absolute atomic E-state index is 0.0468. The maximum absolute atomic E-state index is 13.6. The van der Waals surface area contributed by atoms with Crippen LogP contribution in [0.1, 0.15) is 5.56 Å². The maximum Gasteiger partial charge on any atom is 0.164 e. The fourth-order valence-corrected chi connectivity index (χ4v) is 2.00. The molecule has 0 bridgehead atoms. The SMILES string of the molecule is Cc1cccc(OCC(O)CNc2cccc(Cl)c2F)c1. The van der Waals surface area contributed by atoms with Crippen molar-refractivity contribution in [3.63, 3.8) is 0 Å². The van der Waals surface area contributed by atoms with Crippen LogP contribution in [0.5, 0.6) is 5.75 Å². The van der Waals surface area contributed by atoms with E-state index in [9.17, 15) is 9.50 Å². The molecule has 0 aliphatic rings. The molecule has 3 nitrogen and oxygen atoms in total. The Hall–Kier alpha value is -1.78. The largest absolute Gasteiger partial charge is 0.491 e. The summed E-state index contributed by atoms with van der Waals surface area (Å²) in [6.07, 6.45) is -0.760. The molecule has 0 aliphatic carbocycles. The molecule has 2 aromatic carbocycles. The molecule has 0 saturated carbocycles. The van der Waals surface area contributed by atoms with Gasteiger partial charge in [0.05, 0.1) is 10.7 Å². The number of halogens is 2. The topological polar surface area (TPSA) is 41.5 Å². The van der Waals surface area contributed by atoms with E-state index in [2.05, 4.69) is 5.32 Å². The lowest BCUT2D eigenvalue weighted by atomic mass is 10.2. The molecule has 1 atom stereocenters. The molecule has 0 heterocycles. The summed E-state index contributed by atoms with van der Waals surface area (Å²) in [5.41, 5.74) is 1.35. The van der Waals surface area contributed by atoms with Crippen LogP contribution in [-0.2, 0) is 0 Å². The number of hydrogen-bond acceptors (Lipinski definition) is 3. The van der Waals surface area contributed by atoms with Crippen molar-refractivity contribution in [2.75, 3.05) is 18.5 Å². The summed E-state index contributed by atoms with van der Waals surface area (Å²) in [7, 11) is 0. The van der Waals surface area contributed by atoms with Crippen molar-refractivity contribution in [2.45, 2.75) is 13.0 Å². The van der Waals surface area contributed by atoms with Crippen LogP contribution in [0.4, 0.5) is 10.1 Å². The minimum atomic E-state index is -0.760. The number of ether oxygens (including phenoxy) is 1. The number of anilines is 1. The van der Waals surface area contributed by atoms with Gasteiger partial charge in [0.1, 0.15) is 18.5 Å². The van der Waals surface area contributed by atoms with Crippen molar-refractivity contribution in [3.05, 3.63) is 58.9 Å². The van der Waals surface area contributed by atoms with E-state index in [1.54, 1.807) is 12.1 Å². The molecule has 5 heteroatoms. The zero-order chi connectivity index (χ0) is 15.2. The lowest BCUT2D eigenvalue weighted by Gasteiger charge is -2.15. The highest BCUT2D eigenvalue weighted by atomic mass is 35.5. The Morgan fingerprint density at radius 3 is 2.81 bits per heavy atom. The van der Waals surface area contributed by atoms with Gasteiger partial charge in [0.2, 0.25) is 0 Å². The van der Waals surface area contributed by atoms with E-state index in [1.807, 2.05) is 31.2 Å². The van der Waals surface area contributed by atoms with Crippen LogP contribution in [0.15, 0.2) is 42.5 Å². The summed E-state index contributed by atoms with van der Waals surface area (Å²) >= 11 is 5.68. The number of hydrogen-bond donors (Lipinski definition) is 2. The molecular formula is C16H17ClFNO2. The Kier molecular flexibility index (Phi) is 5.42. The van der Waals surface area contributed by atoms with Gasteiger partial charge in [-0.2, -0.15) is 0 Å². The van der Waals surface area contributed by atoms with Crippen LogP contribution in [0.25, 0.3) is 0 Å². The van der Waals surface area contributed by atoms with Crippen LogP contribution in [0.2, 0.25) is 5.02 Å². The third-order valence-electron chi connectivity index (χ3n) is 2.91. The Bertz CT molecular complexity index is 607. The third-order valence-corrected chi connectivity index (χ3v) is 3.20. The zero-order valence-corrected chi connectivity index (χ0v) is 12.4. The first-order valence-electron chi connectivity index (χ1n) is 6.61. The molecule has 2 N–H and O–H groups in total. The van der Waals surface area contributed by atoms with Crippen LogP contribution < -0.4 is 10.1 Å². The average molecular weight is 310 g/mol. The van der Waals surface area contributed by atoms with E-state index < -0.39 is 11.9 Å². The molecular weight excluding hydrogens is 293 g/mol. The van der Waals surface area contributed by atoms with Gasteiger partial charge in [-0.15, -0.1) is 0 Å². The van der Waals surface area contributed by atoms with E-state index in [0.29, 0.717) is 5.75 Å². The smallest absolute Gasteiger partial charge is 0.164 e. The number of benzene rings is 2. The molecule has 112 valence electrons. The first kappa shape index (κ1) is 15.6. The van der Waals surface area contributed by atoms with Crippen LogP contribution in [0, 0.1) is 12.7 Å². The fraction of sp³-hybridized carbons (Fsp3) is 0.250. The van der Waals surface area contributed by atoms with Gasteiger partial charge in [0.15, 0.2) is 5.82 Å². The van der Waals surface area contributed by atoms with Gasteiger partial charge in [0.25, 0.3) is 0 Å². The van der Waals surface area contributed by atoms with Crippen molar-refractivity contribution >= 4 is 17.3 Å². The predicted molar refractivity (Wildman–Crippen MR) is 82.6 cm³/mol. The van der Waals surface area contributed by atoms with Gasteiger partial charge < -0.3 is 15.2 Å². The molecule has 0 fully saturated rings. The van der Waals surface area contributed by atoms with E-state index >= 15 is 0 Å². The quantitative estimate of drug-likeness (QED) is 0.856. The van der Waals surface area contributed by atoms with Gasteiger partial charge in [-0.05, 0) is 36.8 Å². The van der Waals surface area contributed by atoms with Gasteiger partial charge >= 0.3 is 0 Å². The Balaban J connectivity index is 1.82. The second-order valence-electron chi connectivity index (χ2n) is 4.76. The van der Waals surface area contributed by atoms with E-state index in [1.165, 1.54) is 6.07 Å². The Labute approximate surface area is 128 Å². The van der Waals surface area contributed by atoms with Crippen molar-refractivity contribution in [1.29, 1.82) is 0 Å². The Morgan fingerprint density at radius 2 is 2.05 bits per heavy atom. The molecule has 0 spiro atoms. The summed E-state index contributed by atoms with van der Waals surface area (Å²) < 4.78 is 19.1. The average Bonchev–Trinajstić information content (AvgIpc) is 2.47. The molecule has 0 aromatic heterocycles. The van der Waals surface area contributed by atoms with Crippen molar-refractivity contribution in [2.24, 2.45) is 0 Å². The number of nitrogens with one attached hydrogen (secondary N) is 1. The zero-order valence-electron chi connectivity index (χ0n) is 11.6. The van der Waals surface area contributed by atoms with Gasteiger partial charge in [-0.25, -0.2) is 4.39 Å². The first-order valence-corrected chi connectivity index (χ1v) is 6.99. The van der Waals surface area contributed by atoms with Crippen molar-refractivity contribution < 1.29 is 14.2 Å². The van der Waals surface area contributed by atoms with E-state index in [-0.39, 0.29) is 23.9 Å². The van der Waals surface area contributed by atoms with Crippen molar-refractivity contribution in [3.8, 4) is 5.75 Å². The summed E-state index contributed by atoms with van der Waals surface area (Å²) in [6, 6.07) is 12.2. The highest BCUT2D eigenvalue weighted by Crippen LogP contribution is 2.21. The standard InChI is InChI=1S/C16H17ClFNO2/c1-11-4-2-5-13(8-11)21-10-12(20)9-19-15-7-3-6-14(17)16(15)18/h2-8,12,19-20H,9-10H2,1H3. The molecule has 0 amide bonds. The van der Waals surface area contributed by atoms with Crippen LogP contribution in [0.3, 0.4) is 0 Å². The molecule has 0 saturated heterocycles. The van der Waals surface area contributed by atoms with E-state index in [4.69, 9.17) is 16.3 Å². The minimum Gasteiger partial charge on any atom is -0.491 e. The second-order valence-corrected chi connectivity index (χ2v) is 5.17. The number of rotatable bonds is 6. The fourth-order valence-electron chi connectivity index (χ4n) is 1.82. The van der Waals surface area contributed by atoms with E-state index in [0.717, 1.165) is 5.56 Å². The summed E-state index contributed by atoms with van der Waals surface area (Å²) in [4.78, 5) is 0. The summed E-state index contributed by atoms with van der Waals surface area (Å²) in [6.45, 7) is 2.26. The summed E-state index contributed by atoms with van der Waals surface area (Å²) in [5.74, 6) is 0.175. The number of aliphatic hydroxyl groups is 1. The lowest BCUT2D eigenvalue weighted by Crippen LogP contribution is -2.26. The highest BCUT2D eigenvalue weighted by Gasteiger charge is 2.09. The molecule has 2 rings (SSSR count). The van der Waals surface area contributed by atoms with Gasteiger partial charge in [-0.1, -0.05) is 29.8 Å². The normalized spacial score (nSPS) is 12.0. The third kappa shape index (κ3) is 4.62. The van der Waals surface area contributed by atoms with Crippen LogP contribution in [-0.4, -0.2) is 24.4 Å². The number of aryl methyl sites for hydroxylation is 1.